The van der Waals surface area contributed by atoms with Crippen molar-refractivity contribution in [3.63, 3.8) is 0 Å². The molecule has 2 N–H and O–H groups in total. The van der Waals surface area contributed by atoms with Crippen LogP contribution in [0.25, 0.3) is 0 Å². The van der Waals surface area contributed by atoms with E-state index < -0.39 is 5.56 Å². The van der Waals surface area contributed by atoms with Crippen molar-refractivity contribution >= 4 is 35.1 Å². The number of hydrogen-bond acceptors (Lipinski definition) is 5. The van der Waals surface area contributed by atoms with E-state index in [1.54, 1.807) is 6.21 Å². The molecule has 1 aromatic heterocycles. The summed E-state index contributed by atoms with van der Waals surface area (Å²) in [6.45, 7) is 0.402. The second kappa shape index (κ2) is 8.51. The van der Waals surface area contributed by atoms with Crippen LogP contribution in [0.2, 0.25) is 10.0 Å². The molecule has 0 bridgehead atoms. The molecule has 0 fully saturated rings. The van der Waals surface area contributed by atoms with Gasteiger partial charge in [0.2, 0.25) is 0 Å². The number of anilines is 1. The molecule has 0 radical (unpaired) electrons. The van der Waals surface area contributed by atoms with Crippen LogP contribution >= 0.6 is 23.2 Å². The highest BCUT2D eigenvalue weighted by molar-refractivity contribution is 6.32. The molecule has 0 atom stereocenters. The van der Waals surface area contributed by atoms with Gasteiger partial charge < -0.3 is 4.74 Å². The second-order valence-electron chi connectivity index (χ2n) is 5.25. The van der Waals surface area contributed by atoms with Crippen molar-refractivity contribution in [1.29, 1.82) is 0 Å². The van der Waals surface area contributed by atoms with E-state index in [9.17, 15) is 4.79 Å². The van der Waals surface area contributed by atoms with Gasteiger partial charge in [0.25, 0.3) is 5.56 Å². The quantitative estimate of drug-likeness (QED) is 0.492. The van der Waals surface area contributed by atoms with Gasteiger partial charge in [-0.15, -0.1) is 0 Å². The summed E-state index contributed by atoms with van der Waals surface area (Å²) in [4.78, 5) is 11.4. The normalized spacial score (nSPS) is 10.8. The monoisotopic (exact) mass is 388 g/mol. The summed E-state index contributed by atoms with van der Waals surface area (Å²) >= 11 is 11.8. The maximum atomic E-state index is 11.4. The lowest BCUT2D eigenvalue weighted by atomic mass is 10.2. The Labute approximate surface area is 159 Å². The molecule has 0 amide bonds. The fraction of sp³-hybridized carbons (Fsp3) is 0.0556. The number of ether oxygens (including phenoxy) is 1. The van der Waals surface area contributed by atoms with Crippen LogP contribution in [0.15, 0.2) is 64.6 Å². The summed E-state index contributed by atoms with van der Waals surface area (Å²) in [6.07, 6.45) is 2.96. The van der Waals surface area contributed by atoms with Crippen LogP contribution < -0.4 is 15.7 Å². The summed E-state index contributed by atoms with van der Waals surface area (Å²) in [6, 6.07) is 14.9. The van der Waals surface area contributed by atoms with Gasteiger partial charge in [-0.2, -0.15) is 10.2 Å². The Bertz CT molecular complexity index is 971. The molecule has 0 saturated carbocycles. The SMILES string of the molecule is O=c1[nH]ncc(N/N=C/c2ccccc2OCc2ccc(Cl)cc2)c1Cl. The van der Waals surface area contributed by atoms with Crippen LogP contribution in [0.3, 0.4) is 0 Å². The minimum atomic E-state index is -0.487. The van der Waals surface area contributed by atoms with Gasteiger partial charge in [0.05, 0.1) is 12.4 Å². The molecule has 0 saturated heterocycles. The molecule has 0 aliphatic carbocycles. The molecule has 3 rings (SSSR count). The van der Waals surface area contributed by atoms with Gasteiger partial charge in [-0.3, -0.25) is 10.2 Å². The van der Waals surface area contributed by atoms with Crippen LogP contribution in [0.1, 0.15) is 11.1 Å². The third-order valence-corrected chi connectivity index (χ3v) is 4.04. The first-order valence-electron chi connectivity index (χ1n) is 7.62. The summed E-state index contributed by atoms with van der Waals surface area (Å²) < 4.78 is 5.85. The molecule has 26 heavy (non-hydrogen) atoms. The molecule has 6 nitrogen and oxygen atoms in total. The van der Waals surface area contributed by atoms with Crippen LogP contribution in [-0.4, -0.2) is 16.4 Å². The van der Waals surface area contributed by atoms with Crippen LogP contribution in [0, 0.1) is 0 Å². The van der Waals surface area contributed by atoms with Crippen molar-refractivity contribution in [2.24, 2.45) is 5.10 Å². The Hall–Kier alpha value is -2.83. The van der Waals surface area contributed by atoms with Crippen molar-refractivity contribution in [2.45, 2.75) is 6.61 Å². The molecule has 0 aliphatic rings. The second-order valence-corrected chi connectivity index (χ2v) is 6.06. The van der Waals surface area contributed by atoms with Gasteiger partial charge in [-0.05, 0) is 29.8 Å². The number of H-pyrrole nitrogens is 1. The maximum absolute atomic E-state index is 11.4. The van der Waals surface area contributed by atoms with E-state index >= 15 is 0 Å². The van der Waals surface area contributed by atoms with Gasteiger partial charge in [0.15, 0.2) is 0 Å². The van der Waals surface area contributed by atoms with Crippen LogP contribution in [0.4, 0.5) is 5.69 Å². The first-order valence-corrected chi connectivity index (χ1v) is 8.37. The molecular weight excluding hydrogens is 375 g/mol. The van der Waals surface area contributed by atoms with E-state index in [1.165, 1.54) is 6.20 Å². The number of aromatic nitrogens is 2. The Morgan fingerprint density at radius 2 is 1.92 bits per heavy atom. The van der Waals surface area contributed by atoms with Crippen LogP contribution in [0.5, 0.6) is 5.75 Å². The van der Waals surface area contributed by atoms with E-state index in [-0.39, 0.29) is 5.02 Å². The zero-order chi connectivity index (χ0) is 18.4. The summed E-state index contributed by atoms with van der Waals surface area (Å²) in [5.41, 5.74) is 4.29. The van der Waals surface area contributed by atoms with E-state index in [0.29, 0.717) is 23.1 Å². The van der Waals surface area contributed by atoms with Crippen molar-refractivity contribution in [1.82, 2.24) is 10.2 Å². The zero-order valence-electron chi connectivity index (χ0n) is 13.4. The van der Waals surface area contributed by atoms with Gasteiger partial charge >= 0.3 is 0 Å². The number of para-hydroxylation sites is 1. The molecule has 8 heteroatoms. The number of hydrogen-bond donors (Lipinski definition) is 2. The summed E-state index contributed by atoms with van der Waals surface area (Å²) in [7, 11) is 0. The molecule has 1 heterocycles. The van der Waals surface area contributed by atoms with E-state index in [4.69, 9.17) is 27.9 Å². The predicted molar refractivity (Wildman–Crippen MR) is 103 cm³/mol. The third kappa shape index (κ3) is 4.62. The molecule has 0 unspecified atom stereocenters. The van der Waals surface area contributed by atoms with Gasteiger partial charge in [-0.25, -0.2) is 5.10 Å². The molecule has 0 aliphatic heterocycles. The Kier molecular flexibility index (Phi) is 5.88. The standard InChI is InChI=1S/C18H14Cl2N4O2/c19-14-7-5-12(6-8-14)11-26-16-4-2-1-3-13(16)9-21-23-15-10-22-24-18(25)17(15)20/h1-10H,11H2,(H2,23,24,25)/b21-9+. The number of benzene rings is 2. The number of nitrogens with zero attached hydrogens (tertiary/aromatic N) is 2. The fourth-order valence-corrected chi connectivity index (χ4v) is 2.35. The van der Waals surface area contributed by atoms with E-state index in [2.05, 4.69) is 20.7 Å². The minimum absolute atomic E-state index is 0.00979. The highest BCUT2D eigenvalue weighted by Crippen LogP contribution is 2.19. The topological polar surface area (TPSA) is 79.4 Å². The lowest BCUT2D eigenvalue weighted by molar-refractivity contribution is 0.306. The number of nitrogens with one attached hydrogen (secondary N) is 2. The lowest BCUT2D eigenvalue weighted by Crippen LogP contribution is -2.10. The third-order valence-electron chi connectivity index (χ3n) is 3.41. The first kappa shape index (κ1) is 18.0. The smallest absolute Gasteiger partial charge is 0.285 e. The zero-order valence-corrected chi connectivity index (χ0v) is 15.0. The molecule has 2 aromatic carbocycles. The summed E-state index contributed by atoms with van der Waals surface area (Å²) in [5.74, 6) is 0.670. The molecule has 132 valence electrons. The number of halogens is 2. The maximum Gasteiger partial charge on any atom is 0.285 e. The van der Waals surface area contributed by atoms with Crippen molar-refractivity contribution < 1.29 is 4.74 Å². The highest BCUT2D eigenvalue weighted by atomic mass is 35.5. The first-order chi connectivity index (χ1) is 12.6. The molecule has 3 aromatic rings. The highest BCUT2D eigenvalue weighted by Gasteiger charge is 2.04. The van der Waals surface area contributed by atoms with Gasteiger partial charge in [0, 0.05) is 10.6 Å². The number of hydrazone groups is 1. The van der Waals surface area contributed by atoms with E-state index in [0.717, 1.165) is 11.1 Å². The predicted octanol–water partition coefficient (Wildman–Crippen LogP) is 4.10. The Balaban J connectivity index is 1.69. The largest absolute Gasteiger partial charge is 0.488 e. The fourth-order valence-electron chi connectivity index (χ4n) is 2.09. The number of aromatic amines is 1. The average molecular weight is 389 g/mol. The van der Waals surface area contributed by atoms with Crippen molar-refractivity contribution in [2.75, 3.05) is 5.43 Å². The lowest BCUT2D eigenvalue weighted by Gasteiger charge is -2.09. The average Bonchev–Trinajstić information content (AvgIpc) is 2.65. The van der Waals surface area contributed by atoms with Crippen molar-refractivity contribution in [3.8, 4) is 5.75 Å². The van der Waals surface area contributed by atoms with Crippen LogP contribution in [-0.2, 0) is 6.61 Å². The minimum Gasteiger partial charge on any atom is -0.488 e. The Morgan fingerprint density at radius 1 is 1.15 bits per heavy atom. The molecule has 0 spiro atoms. The van der Waals surface area contributed by atoms with Gasteiger partial charge in [-0.1, -0.05) is 47.5 Å². The van der Waals surface area contributed by atoms with E-state index in [1.807, 2.05) is 48.5 Å². The number of rotatable bonds is 6. The van der Waals surface area contributed by atoms with Gasteiger partial charge in [0.1, 0.15) is 23.1 Å². The molecular formula is C18H14Cl2N4O2. The van der Waals surface area contributed by atoms with Crippen molar-refractivity contribution in [3.05, 3.63) is 86.3 Å². The summed E-state index contributed by atoms with van der Waals surface area (Å²) in [5, 5.41) is 10.7. The Morgan fingerprint density at radius 3 is 2.73 bits per heavy atom.